The third kappa shape index (κ3) is 20.0. The van der Waals surface area contributed by atoms with Crippen molar-refractivity contribution in [3.63, 3.8) is 0 Å². The van der Waals surface area contributed by atoms with Crippen LogP contribution in [0.1, 0.15) is 130 Å². The average molecular weight is 413 g/mol. The van der Waals surface area contributed by atoms with Crippen molar-refractivity contribution in [2.45, 2.75) is 130 Å². The van der Waals surface area contributed by atoms with Crippen LogP contribution in [0.4, 0.5) is 0 Å². The van der Waals surface area contributed by atoms with Gasteiger partial charge in [0.25, 0.3) is 0 Å². The zero-order valence-corrected chi connectivity index (χ0v) is 19.6. The number of ether oxygens (including phenoxy) is 2. The van der Waals surface area contributed by atoms with Crippen molar-refractivity contribution in [2.24, 2.45) is 5.92 Å². The quantitative estimate of drug-likeness (QED) is 0.146. The third-order valence-corrected chi connectivity index (χ3v) is 5.55. The van der Waals surface area contributed by atoms with E-state index in [9.17, 15) is 9.59 Å². The van der Waals surface area contributed by atoms with E-state index in [-0.39, 0.29) is 11.9 Å². The molecule has 0 aliphatic rings. The van der Waals surface area contributed by atoms with E-state index in [4.69, 9.17) is 9.47 Å². The lowest BCUT2D eigenvalue weighted by Crippen LogP contribution is -2.13. The molecular weight excluding hydrogens is 364 g/mol. The highest BCUT2D eigenvalue weighted by Gasteiger charge is 2.10. The van der Waals surface area contributed by atoms with Gasteiger partial charge in [0.1, 0.15) is 0 Å². The normalized spacial score (nSPS) is 12.0. The molecule has 0 fully saturated rings. The maximum absolute atomic E-state index is 11.8. The number of hydrogen-bond donors (Lipinski definition) is 0. The second kappa shape index (κ2) is 21.6. The summed E-state index contributed by atoms with van der Waals surface area (Å²) in [5, 5.41) is 0. The minimum Gasteiger partial charge on any atom is -0.466 e. The molecule has 0 saturated heterocycles. The highest BCUT2D eigenvalue weighted by atomic mass is 16.5. The van der Waals surface area contributed by atoms with Crippen LogP contribution in [0.3, 0.4) is 0 Å². The minimum absolute atomic E-state index is 0.0998. The minimum atomic E-state index is -0.0998. The Labute approximate surface area is 180 Å². The SMILES string of the molecule is CCCCCCCCCCOC(=O)CCCCCC(=O)OCC(CC)CCCC. The molecule has 172 valence electrons. The van der Waals surface area contributed by atoms with Gasteiger partial charge < -0.3 is 9.47 Å². The monoisotopic (exact) mass is 412 g/mol. The Morgan fingerprint density at radius 3 is 1.72 bits per heavy atom. The summed E-state index contributed by atoms with van der Waals surface area (Å²) in [6, 6.07) is 0. The van der Waals surface area contributed by atoms with E-state index in [0.29, 0.717) is 32.0 Å². The number of carbonyl (C=O) groups excluding carboxylic acids is 2. The van der Waals surface area contributed by atoms with Crippen LogP contribution in [-0.4, -0.2) is 25.2 Å². The Morgan fingerprint density at radius 1 is 0.621 bits per heavy atom. The summed E-state index contributed by atoms with van der Waals surface area (Å²) in [6.45, 7) is 7.68. The summed E-state index contributed by atoms with van der Waals surface area (Å²) in [5.74, 6) is 0.296. The molecule has 0 saturated carbocycles. The average Bonchev–Trinajstić information content (AvgIpc) is 2.72. The molecule has 0 N–H and O–H groups in total. The molecule has 0 aromatic rings. The molecule has 0 bridgehead atoms. The van der Waals surface area contributed by atoms with Crippen molar-refractivity contribution in [1.82, 2.24) is 0 Å². The number of rotatable bonds is 21. The Kier molecular flexibility index (Phi) is 20.9. The Hall–Kier alpha value is -1.06. The summed E-state index contributed by atoms with van der Waals surface area (Å²) in [6.07, 6.45) is 17.9. The van der Waals surface area contributed by atoms with Gasteiger partial charge in [-0.2, -0.15) is 0 Å². The molecule has 0 aliphatic carbocycles. The highest BCUT2D eigenvalue weighted by Crippen LogP contribution is 2.14. The molecule has 1 atom stereocenters. The molecule has 0 radical (unpaired) electrons. The highest BCUT2D eigenvalue weighted by molar-refractivity contribution is 5.69. The molecule has 4 nitrogen and oxygen atoms in total. The van der Waals surface area contributed by atoms with E-state index in [0.717, 1.165) is 44.9 Å². The maximum Gasteiger partial charge on any atom is 0.305 e. The van der Waals surface area contributed by atoms with Crippen LogP contribution in [0, 0.1) is 5.92 Å². The second-order valence-corrected chi connectivity index (χ2v) is 8.36. The molecule has 0 amide bonds. The fraction of sp³-hybridized carbons (Fsp3) is 0.920. The second-order valence-electron chi connectivity index (χ2n) is 8.36. The summed E-state index contributed by atoms with van der Waals surface area (Å²) in [5.41, 5.74) is 0. The summed E-state index contributed by atoms with van der Waals surface area (Å²) < 4.78 is 10.7. The Bertz CT molecular complexity index is 381. The predicted molar refractivity (Wildman–Crippen MR) is 121 cm³/mol. The van der Waals surface area contributed by atoms with E-state index in [1.54, 1.807) is 0 Å². The fourth-order valence-electron chi connectivity index (χ4n) is 3.39. The zero-order chi connectivity index (χ0) is 21.6. The van der Waals surface area contributed by atoms with E-state index < -0.39 is 0 Å². The van der Waals surface area contributed by atoms with Crippen molar-refractivity contribution in [3.05, 3.63) is 0 Å². The lowest BCUT2D eigenvalue weighted by atomic mass is 10.0. The number of hydrogen-bond acceptors (Lipinski definition) is 4. The van der Waals surface area contributed by atoms with Crippen LogP contribution in [0.2, 0.25) is 0 Å². The smallest absolute Gasteiger partial charge is 0.305 e. The first kappa shape index (κ1) is 27.9. The summed E-state index contributed by atoms with van der Waals surface area (Å²) >= 11 is 0. The van der Waals surface area contributed by atoms with Crippen LogP contribution in [0.5, 0.6) is 0 Å². The molecule has 1 unspecified atom stereocenters. The third-order valence-electron chi connectivity index (χ3n) is 5.55. The zero-order valence-electron chi connectivity index (χ0n) is 19.6. The van der Waals surface area contributed by atoms with Crippen LogP contribution in [0.25, 0.3) is 0 Å². The molecule has 0 spiro atoms. The van der Waals surface area contributed by atoms with Crippen molar-refractivity contribution in [3.8, 4) is 0 Å². The molecule has 0 aromatic heterocycles. The van der Waals surface area contributed by atoms with Crippen LogP contribution in [0.15, 0.2) is 0 Å². The van der Waals surface area contributed by atoms with E-state index >= 15 is 0 Å². The van der Waals surface area contributed by atoms with Gasteiger partial charge in [-0.3, -0.25) is 9.59 Å². The van der Waals surface area contributed by atoms with Gasteiger partial charge >= 0.3 is 11.9 Å². The van der Waals surface area contributed by atoms with Gasteiger partial charge in [-0.25, -0.2) is 0 Å². The molecule has 0 aromatic carbocycles. The van der Waals surface area contributed by atoms with Crippen molar-refractivity contribution < 1.29 is 19.1 Å². The Morgan fingerprint density at radius 2 is 1.14 bits per heavy atom. The first-order chi connectivity index (χ1) is 14.1. The maximum atomic E-state index is 11.8. The van der Waals surface area contributed by atoms with Crippen molar-refractivity contribution >= 4 is 11.9 Å². The number of carbonyl (C=O) groups is 2. The van der Waals surface area contributed by atoms with Gasteiger partial charge in [-0.15, -0.1) is 0 Å². The van der Waals surface area contributed by atoms with E-state index in [1.165, 1.54) is 51.4 Å². The number of esters is 2. The molecule has 29 heavy (non-hydrogen) atoms. The molecule has 0 aliphatic heterocycles. The first-order valence-electron chi connectivity index (χ1n) is 12.4. The fourth-order valence-corrected chi connectivity index (χ4v) is 3.39. The van der Waals surface area contributed by atoms with Gasteiger partial charge in [-0.05, 0) is 31.6 Å². The van der Waals surface area contributed by atoms with Crippen LogP contribution >= 0.6 is 0 Å². The molecule has 0 heterocycles. The molecule has 4 heteroatoms. The Balaban J connectivity index is 3.44. The lowest BCUT2D eigenvalue weighted by molar-refractivity contribution is -0.145. The summed E-state index contributed by atoms with van der Waals surface area (Å²) in [7, 11) is 0. The molecule has 0 rings (SSSR count). The standard InChI is InChI=1S/C25H48O4/c1-4-7-9-10-11-12-13-17-21-28-24(26)19-15-14-16-20-25(27)29-22-23(6-3)18-8-5-2/h23H,4-22H2,1-3H3. The van der Waals surface area contributed by atoms with Crippen molar-refractivity contribution in [1.29, 1.82) is 0 Å². The predicted octanol–water partition coefficient (Wildman–Crippen LogP) is 7.38. The molecular formula is C25H48O4. The van der Waals surface area contributed by atoms with Gasteiger partial charge in [0, 0.05) is 12.8 Å². The number of unbranched alkanes of at least 4 members (excludes halogenated alkanes) is 10. The van der Waals surface area contributed by atoms with Crippen LogP contribution < -0.4 is 0 Å². The van der Waals surface area contributed by atoms with Gasteiger partial charge in [0.2, 0.25) is 0 Å². The van der Waals surface area contributed by atoms with Gasteiger partial charge in [0.05, 0.1) is 13.2 Å². The van der Waals surface area contributed by atoms with Crippen LogP contribution in [-0.2, 0) is 19.1 Å². The van der Waals surface area contributed by atoms with Gasteiger partial charge in [-0.1, -0.05) is 91.4 Å². The lowest BCUT2D eigenvalue weighted by Gasteiger charge is -2.14. The van der Waals surface area contributed by atoms with E-state index in [2.05, 4.69) is 20.8 Å². The van der Waals surface area contributed by atoms with E-state index in [1.807, 2.05) is 0 Å². The first-order valence-corrected chi connectivity index (χ1v) is 12.4. The van der Waals surface area contributed by atoms with Gasteiger partial charge in [0.15, 0.2) is 0 Å². The topological polar surface area (TPSA) is 52.6 Å². The summed E-state index contributed by atoms with van der Waals surface area (Å²) in [4.78, 5) is 23.6. The van der Waals surface area contributed by atoms with Crippen molar-refractivity contribution in [2.75, 3.05) is 13.2 Å². The largest absolute Gasteiger partial charge is 0.466 e.